The quantitative estimate of drug-likeness (QED) is 0.849. The molecule has 0 saturated carbocycles. The summed E-state index contributed by atoms with van der Waals surface area (Å²) in [5.74, 6) is -0.973. The highest BCUT2D eigenvalue weighted by Gasteiger charge is 2.29. The van der Waals surface area contributed by atoms with E-state index in [0.717, 1.165) is 12.0 Å². The minimum absolute atomic E-state index is 0.0931. The predicted octanol–water partition coefficient (Wildman–Crippen LogP) is 3.79. The second kappa shape index (κ2) is 7.30. The molecule has 0 unspecified atom stereocenters. The molecule has 0 spiro atoms. The van der Waals surface area contributed by atoms with Crippen molar-refractivity contribution in [2.45, 2.75) is 39.0 Å². The molecule has 0 aliphatic carbocycles. The van der Waals surface area contributed by atoms with Crippen LogP contribution in [0.3, 0.4) is 0 Å². The summed E-state index contributed by atoms with van der Waals surface area (Å²) in [5, 5.41) is 12.1. The Morgan fingerprint density at radius 1 is 0.958 bits per heavy atom. The third-order valence-corrected chi connectivity index (χ3v) is 4.22. The van der Waals surface area contributed by atoms with Gasteiger partial charge in [-0.25, -0.2) is 0 Å². The standard InChI is InChI=1S/C20H23NO3/c1-4-14-5-7-15(8-6-14)13-18(22)21-17-11-9-16(10-12-17)20(2,3)19(23)24/h5-12H,4,13H2,1-3H3,(H,21,22)(H,23,24). The lowest BCUT2D eigenvalue weighted by Gasteiger charge is -2.19. The van der Waals surface area contributed by atoms with Gasteiger partial charge in [-0.05, 0) is 49.1 Å². The van der Waals surface area contributed by atoms with E-state index in [9.17, 15) is 14.7 Å². The number of benzene rings is 2. The van der Waals surface area contributed by atoms with Gasteiger partial charge in [0.05, 0.1) is 11.8 Å². The minimum atomic E-state index is -0.955. The summed E-state index contributed by atoms with van der Waals surface area (Å²) in [7, 11) is 0. The van der Waals surface area contributed by atoms with Crippen molar-refractivity contribution in [2.75, 3.05) is 5.32 Å². The molecule has 0 saturated heterocycles. The fraction of sp³-hybridized carbons (Fsp3) is 0.300. The van der Waals surface area contributed by atoms with Crippen LogP contribution in [0.5, 0.6) is 0 Å². The molecular formula is C20H23NO3. The van der Waals surface area contributed by atoms with Crippen LogP contribution in [0.25, 0.3) is 0 Å². The molecule has 0 fully saturated rings. The second-order valence-corrected chi connectivity index (χ2v) is 6.40. The molecule has 1 amide bonds. The van der Waals surface area contributed by atoms with Crippen LogP contribution in [-0.2, 0) is 27.8 Å². The monoisotopic (exact) mass is 325 g/mol. The van der Waals surface area contributed by atoms with Gasteiger partial charge in [-0.2, -0.15) is 0 Å². The fourth-order valence-corrected chi connectivity index (χ4v) is 2.38. The van der Waals surface area contributed by atoms with E-state index in [2.05, 4.69) is 12.2 Å². The number of carbonyl (C=O) groups excluding carboxylic acids is 1. The van der Waals surface area contributed by atoms with E-state index in [0.29, 0.717) is 17.7 Å². The average molecular weight is 325 g/mol. The lowest BCUT2D eigenvalue weighted by atomic mass is 9.85. The molecule has 24 heavy (non-hydrogen) atoms. The lowest BCUT2D eigenvalue weighted by Crippen LogP contribution is -2.28. The SMILES string of the molecule is CCc1ccc(CC(=O)Nc2ccc(C(C)(C)C(=O)O)cc2)cc1. The molecule has 126 valence electrons. The van der Waals surface area contributed by atoms with Crippen LogP contribution in [0, 0.1) is 0 Å². The van der Waals surface area contributed by atoms with Crippen LogP contribution in [0.4, 0.5) is 5.69 Å². The summed E-state index contributed by atoms with van der Waals surface area (Å²) in [6.45, 7) is 5.41. The molecule has 0 aliphatic rings. The van der Waals surface area contributed by atoms with E-state index in [-0.39, 0.29) is 5.91 Å². The van der Waals surface area contributed by atoms with Crippen molar-refractivity contribution in [3.05, 3.63) is 65.2 Å². The van der Waals surface area contributed by atoms with Crippen molar-refractivity contribution in [1.29, 1.82) is 0 Å². The molecule has 4 heteroatoms. The number of nitrogens with one attached hydrogen (secondary N) is 1. The Hall–Kier alpha value is -2.62. The zero-order valence-electron chi connectivity index (χ0n) is 14.3. The minimum Gasteiger partial charge on any atom is -0.481 e. The van der Waals surface area contributed by atoms with E-state index in [1.54, 1.807) is 38.1 Å². The molecule has 0 heterocycles. The number of aryl methyl sites for hydroxylation is 1. The van der Waals surface area contributed by atoms with Crippen molar-refractivity contribution in [1.82, 2.24) is 0 Å². The fourth-order valence-electron chi connectivity index (χ4n) is 2.38. The lowest BCUT2D eigenvalue weighted by molar-refractivity contribution is -0.142. The first-order valence-corrected chi connectivity index (χ1v) is 8.04. The molecule has 2 aromatic rings. The van der Waals surface area contributed by atoms with Gasteiger partial charge < -0.3 is 10.4 Å². The van der Waals surface area contributed by atoms with Crippen LogP contribution in [-0.4, -0.2) is 17.0 Å². The van der Waals surface area contributed by atoms with Gasteiger partial charge in [-0.1, -0.05) is 43.3 Å². The number of carbonyl (C=O) groups is 2. The highest BCUT2D eigenvalue weighted by molar-refractivity contribution is 5.92. The Kier molecular flexibility index (Phi) is 5.39. The Labute approximate surface area is 142 Å². The number of rotatable bonds is 6. The van der Waals surface area contributed by atoms with Crippen molar-refractivity contribution < 1.29 is 14.7 Å². The molecule has 0 aliphatic heterocycles. The van der Waals surface area contributed by atoms with Crippen molar-refractivity contribution in [3.8, 4) is 0 Å². The van der Waals surface area contributed by atoms with E-state index in [1.807, 2.05) is 24.3 Å². The van der Waals surface area contributed by atoms with Crippen molar-refractivity contribution in [3.63, 3.8) is 0 Å². The van der Waals surface area contributed by atoms with Gasteiger partial charge in [0, 0.05) is 5.69 Å². The first-order chi connectivity index (χ1) is 11.3. The van der Waals surface area contributed by atoms with Crippen LogP contribution in [0.1, 0.15) is 37.5 Å². The molecule has 0 aromatic heterocycles. The molecule has 0 atom stereocenters. The van der Waals surface area contributed by atoms with E-state index >= 15 is 0 Å². The Balaban J connectivity index is 2.00. The van der Waals surface area contributed by atoms with Crippen molar-refractivity contribution in [2.24, 2.45) is 0 Å². The summed E-state index contributed by atoms with van der Waals surface area (Å²) in [6.07, 6.45) is 1.29. The first kappa shape index (κ1) is 17.7. The van der Waals surface area contributed by atoms with Crippen molar-refractivity contribution >= 4 is 17.6 Å². The van der Waals surface area contributed by atoms with Gasteiger partial charge in [0.15, 0.2) is 0 Å². The van der Waals surface area contributed by atoms with Crippen LogP contribution in [0.2, 0.25) is 0 Å². The number of aliphatic carboxylic acids is 1. The highest BCUT2D eigenvalue weighted by atomic mass is 16.4. The Morgan fingerprint density at radius 3 is 2.00 bits per heavy atom. The molecular weight excluding hydrogens is 302 g/mol. The summed E-state index contributed by atoms with van der Waals surface area (Å²) in [6, 6.07) is 14.9. The maximum Gasteiger partial charge on any atom is 0.313 e. The zero-order chi connectivity index (χ0) is 17.7. The van der Waals surface area contributed by atoms with Crippen LogP contribution in [0.15, 0.2) is 48.5 Å². The number of amides is 1. The number of carboxylic acid groups (broad SMARTS) is 1. The Bertz CT molecular complexity index is 716. The van der Waals surface area contributed by atoms with Crippen LogP contribution >= 0.6 is 0 Å². The van der Waals surface area contributed by atoms with E-state index < -0.39 is 11.4 Å². The number of hydrogen-bond acceptors (Lipinski definition) is 2. The second-order valence-electron chi connectivity index (χ2n) is 6.40. The summed E-state index contributed by atoms with van der Waals surface area (Å²) >= 11 is 0. The number of carboxylic acids is 1. The molecule has 0 radical (unpaired) electrons. The van der Waals surface area contributed by atoms with E-state index in [1.165, 1.54) is 5.56 Å². The first-order valence-electron chi connectivity index (χ1n) is 8.04. The largest absolute Gasteiger partial charge is 0.481 e. The van der Waals surface area contributed by atoms with Gasteiger partial charge in [-0.15, -0.1) is 0 Å². The third-order valence-electron chi connectivity index (χ3n) is 4.22. The van der Waals surface area contributed by atoms with Gasteiger partial charge in [0.25, 0.3) is 0 Å². The molecule has 4 nitrogen and oxygen atoms in total. The Morgan fingerprint density at radius 2 is 1.50 bits per heavy atom. The molecule has 2 rings (SSSR count). The van der Waals surface area contributed by atoms with Gasteiger partial charge in [0.2, 0.25) is 5.91 Å². The normalized spacial score (nSPS) is 11.1. The number of hydrogen-bond donors (Lipinski definition) is 2. The average Bonchev–Trinajstić information content (AvgIpc) is 2.56. The molecule has 2 aromatic carbocycles. The summed E-state index contributed by atoms with van der Waals surface area (Å²) in [4.78, 5) is 23.4. The topological polar surface area (TPSA) is 66.4 Å². The smallest absolute Gasteiger partial charge is 0.313 e. The van der Waals surface area contributed by atoms with Gasteiger partial charge in [-0.3, -0.25) is 9.59 Å². The molecule has 0 bridgehead atoms. The summed E-state index contributed by atoms with van der Waals surface area (Å²) in [5.41, 5.74) is 2.62. The van der Waals surface area contributed by atoms with Gasteiger partial charge in [0.1, 0.15) is 0 Å². The molecule has 2 N–H and O–H groups in total. The van der Waals surface area contributed by atoms with Gasteiger partial charge >= 0.3 is 5.97 Å². The third kappa shape index (κ3) is 4.22. The van der Waals surface area contributed by atoms with Crippen LogP contribution < -0.4 is 5.32 Å². The highest BCUT2D eigenvalue weighted by Crippen LogP contribution is 2.24. The predicted molar refractivity (Wildman–Crippen MR) is 95.3 cm³/mol. The maximum atomic E-state index is 12.1. The summed E-state index contributed by atoms with van der Waals surface area (Å²) < 4.78 is 0. The zero-order valence-corrected chi connectivity index (χ0v) is 14.3. The maximum absolute atomic E-state index is 12.1. The van der Waals surface area contributed by atoms with E-state index in [4.69, 9.17) is 0 Å². The number of anilines is 1.